The van der Waals surface area contributed by atoms with Crippen molar-refractivity contribution in [2.75, 3.05) is 13.1 Å². The van der Waals surface area contributed by atoms with E-state index in [1.165, 1.54) is 0 Å². The number of rotatable bonds is 5. The molecular formula is C11H17N5O3. The molecule has 1 aromatic heterocycles. The smallest absolute Gasteiger partial charge is 0.308 e. The van der Waals surface area contributed by atoms with Gasteiger partial charge in [0.25, 0.3) is 5.91 Å². The van der Waals surface area contributed by atoms with E-state index in [1.807, 2.05) is 0 Å². The van der Waals surface area contributed by atoms with Crippen molar-refractivity contribution in [3.63, 3.8) is 0 Å². The molecule has 1 aliphatic heterocycles. The molecule has 2 atom stereocenters. The van der Waals surface area contributed by atoms with Crippen molar-refractivity contribution < 1.29 is 14.7 Å². The van der Waals surface area contributed by atoms with Crippen LogP contribution >= 0.6 is 0 Å². The summed E-state index contributed by atoms with van der Waals surface area (Å²) in [5.41, 5.74) is 0.205. The predicted molar refractivity (Wildman–Crippen MR) is 65.7 cm³/mol. The molecule has 0 aliphatic carbocycles. The molecule has 2 rings (SSSR count). The number of aromatic nitrogens is 3. The number of hydrogen-bond donors (Lipinski definition) is 3. The van der Waals surface area contributed by atoms with Gasteiger partial charge in [-0.2, -0.15) is 0 Å². The first-order valence-corrected chi connectivity index (χ1v) is 6.15. The maximum atomic E-state index is 11.9. The van der Waals surface area contributed by atoms with Gasteiger partial charge in [-0.3, -0.25) is 9.59 Å². The van der Waals surface area contributed by atoms with Crippen molar-refractivity contribution in [2.24, 2.45) is 5.92 Å². The van der Waals surface area contributed by atoms with Crippen LogP contribution in [0.3, 0.4) is 0 Å². The van der Waals surface area contributed by atoms with Crippen LogP contribution in [0.2, 0.25) is 0 Å². The van der Waals surface area contributed by atoms with Crippen LogP contribution in [-0.2, 0) is 4.79 Å². The van der Waals surface area contributed by atoms with Crippen molar-refractivity contribution in [3.8, 4) is 0 Å². The number of carbonyl (C=O) groups is 2. The molecule has 1 fully saturated rings. The lowest BCUT2D eigenvalue weighted by Gasteiger charge is -2.26. The van der Waals surface area contributed by atoms with Gasteiger partial charge in [-0.1, -0.05) is 5.21 Å². The maximum absolute atomic E-state index is 11.9. The number of carbonyl (C=O) groups excluding carboxylic acids is 1. The lowest BCUT2D eigenvalue weighted by Crippen LogP contribution is -2.43. The van der Waals surface area contributed by atoms with E-state index in [1.54, 1.807) is 24.7 Å². The molecule has 0 saturated carbocycles. The van der Waals surface area contributed by atoms with Crippen LogP contribution in [0.5, 0.6) is 0 Å². The quantitative estimate of drug-likeness (QED) is 0.648. The standard InChI is InChI=1S/C11H17N5O3/c1-6(11(18)19)7(2)13-10(17)9-5-16(15-14-9)8-3-12-4-8/h5-8,12H,3-4H2,1-2H3,(H,13,17)(H,18,19). The predicted octanol–water partition coefficient (Wildman–Crippen LogP) is -0.739. The highest BCUT2D eigenvalue weighted by Crippen LogP contribution is 2.10. The molecule has 8 nitrogen and oxygen atoms in total. The van der Waals surface area contributed by atoms with Crippen molar-refractivity contribution in [2.45, 2.75) is 25.9 Å². The Labute approximate surface area is 110 Å². The molecule has 0 aromatic carbocycles. The number of amides is 1. The van der Waals surface area contributed by atoms with E-state index in [9.17, 15) is 9.59 Å². The van der Waals surface area contributed by atoms with Crippen LogP contribution in [0, 0.1) is 5.92 Å². The summed E-state index contributed by atoms with van der Waals surface area (Å²) in [7, 11) is 0. The summed E-state index contributed by atoms with van der Waals surface area (Å²) in [5.74, 6) is -2.01. The summed E-state index contributed by atoms with van der Waals surface area (Å²) in [4.78, 5) is 22.7. The largest absolute Gasteiger partial charge is 0.481 e. The van der Waals surface area contributed by atoms with Crippen LogP contribution < -0.4 is 10.6 Å². The van der Waals surface area contributed by atoms with Crippen LogP contribution in [0.25, 0.3) is 0 Å². The van der Waals surface area contributed by atoms with Gasteiger partial charge in [0.2, 0.25) is 0 Å². The first kappa shape index (κ1) is 13.5. The second-order valence-electron chi connectivity index (χ2n) is 4.78. The second kappa shape index (κ2) is 5.35. The Morgan fingerprint density at radius 1 is 1.53 bits per heavy atom. The van der Waals surface area contributed by atoms with Crippen LogP contribution in [0.15, 0.2) is 6.20 Å². The Balaban J connectivity index is 1.95. The summed E-state index contributed by atoms with van der Waals surface area (Å²) in [6, 6.07) is -0.232. The summed E-state index contributed by atoms with van der Waals surface area (Å²) in [6.07, 6.45) is 1.58. The lowest BCUT2D eigenvalue weighted by molar-refractivity contribution is -0.141. The number of nitrogens with zero attached hydrogens (tertiary/aromatic N) is 3. The Bertz CT molecular complexity index is 482. The molecule has 1 aromatic rings. The molecule has 104 valence electrons. The van der Waals surface area contributed by atoms with Gasteiger partial charge in [0.05, 0.1) is 18.2 Å². The fourth-order valence-corrected chi connectivity index (χ4v) is 1.64. The van der Waals surface area contributed by atoms with Crippen molar-refractivity contribution >= 4 is 11.9 Å². The minimum Gasteiger partial charge on any atom is -0.481 e. The van der Waals surface area contributed by atoms with E-state index in [0.29, 0.717) is 0 Å². The summed E-state index contributed by atoms with van der Waals surface area (Å²) in [5, 5.41) is 22.3. The van der Waals surface area contributed by atoms with Gasteiger partial charge in [0.15, 0.2) is 5.69 Å². The maximum Gasteiger partial charge on any atom is 0.308 e. The van der Waals surface area contributed by atoms with Crippen LogP contribution in [-0.4, -0.2) is 51.1 Å². The number of carboxylic acids is 1. The van der Waals surface area contributed by atoms with E-state index >= 15 is 0 Å². The summed E-state index contributed by atoms with van der Waals surface area (Å²) < 4.78 is 1.65. The Kier molecular flexibility index (Phi) is 3.79. The van der Waals surface area contributed by atoms with Crippen LogP contribution in [0.4, 0.5) is 0 Å². The highest BCUT2D eigenvalue weighted by molar-refractivity contribution is 5.92. The van der Waals surface area contributed by atoms with E-state index in [4.69, 9.17) is 5.11 Å². The zero-order chi connectivity index (χ0) is 14.0. The SMILES string of the molecule is CC(NC(=O)c1cn(C2CNC2)nn1)C(C)C(=O)O. The Morgan fingerprint density at radius 3 is 2.74 bits per heavy atom. The third kappa shape index (κ3) is 2.90. The topological polar surface area (TPSA) is 109 Å². The van der Waals surface area contributed by atoms with Gasteiger partial charge in [-0.15, -0.1) is 5.10 Å². The molecule has 2 unspecified atom stereocenters. The number of carboxylic acid groups (broad SMARTS) is 1. The molecule has 19 heavy (non-hydrogen) atoms. The van der Waals surface area contributed by atoms with Gasteiger partial charge in [0, 0.05) is 19.1 Å². The third-order valence-corrected chi connectivity index (χ3v) is 3.38. The molecule has 1 saturated heterocycles. The van der Waals surface area contributed by atoms with E-state index in [-0.39, 0.29) is 11.7 Å². The summed E-state index contributed by atoms with van der Waals surface area (Å²) in [6.45, 7) is 4.83. The van der Waals surface area contributed by atoms with E-state index in [2.05, 4.69) is 20.9 Å². The van der Waals surface area contributed by atoms with Gasteiger partial charge in [-0.25, -0.2) is 4.68 Å². The lowest BCUT2D eigenvalue weighted by atomic mass is 10.0. The van der Waals surface area contributed by atoms with Gasteiger partial charge in [-0.05, 0) is 13.8 Å². The molecule has 1 amide bonds. The van der Waals surface area contributed by atoms with Crippen molar-refractivity contribution in [1.29, 1.82) is 0 Å². The molecular weight excluding hydrogens is 250 g/mol. The minimum atomic E-state index is -0.947. The first-order chi connectivity index (χ1) is 8.99. The average Bonchev–Trinajstić information content (AvgIpc) is 2.74. The molecule has 0 spiro atoms. The molecule has 1 aliphatic rings. The fourth-order valence-electron chi connectivity index (χ4n) is 1.64. The number of hydrogen-bond acceptors (Lipinski definition) is 5. The number of nitrogens with one attached hydrogen (secondary N) is 2. The number of aliphatic carboxylic acids is 1. The fraction of sp³-hybridized carbons (Fsp3) is 0.636. The Morgan fingerprint density at radius 2 is 2.21 bits per heavy atom. The Hall–Kier alpha value is -1.96. The highest BCUT2D eigenvalue weighted by Gasteiger charge is 2.24. The second-order valence-corrected chi connectivity index (χ2v) is 4.78. The van der Waals surface area contributed by atoms with Gasteiger partial charge < -0.3 is 15.7 Å². The van der Waals surface area contributed by atoms with E-state index in [0.717, 1.165) is 13.1 Å². The van der Waals surface area contributed by atoms with Gasteiger partial charge >= 0.3 is 5.97 Å². The minimum absolute atomic E-state index is 0.205. The molecule has 8 heteroatoms. The van der Waals surface area contributed by atoms with E-state index < -0.39 is 23.8 Å². The zero-order valence-electron chi connectivity index (χ0n) is 10.8. The molecule has 0 bridgehead atoms. The molecule has 0 radical (unpaired) electrons. The zero-order valence-corrected chi connectivity index (χ0v) is 10.8. The van der Waals surface area contributed by atoms with Crippen LogP contribution in [0.1, 0.15) is 30.4 Å². The monoisotopic (exact) mass is 267 g/mol. The van der Waals surface area contributed by atoms with Crippen molar-refractivity contribution in [3.05, 3.63) is 11.9 Å². The van der Waals surface area contributed by atoms with Crippen molar-refractivity contribution in [1.82, 2.24) is 25.6 Å². The summed E-state index contributed by atoms with van der Waals surface area (Å²) >= 11 is 0. The molecule has 3 N–H and O–H groups in total. The first-order valence-electron chi connectivity index (χ1n) is 6.15. The average molecular weight is 267 g/mol. The molecule has 2 heterocycles. The normalized spacial score (nSPS) is 18.4. The third-order valence-electron chi connectivity index (χ3n) is 3.38. The highest BCUT2D eigenvalue weighted by atomic mass is 16.4. The van der Waals surface area contributed by atoms with Gasteiger partial charge in [0.1, 0.15) is 0 Å².